The van der Waals surface area contributed by atoms with Crippen molar-refractivity contribution < 1.29 is 24.2 Å². The maximum absolute atomic E-state index is 13.4. The van der Waals surface area contributed by atoms with E-state index in [1.54, 1.807) is 43.1 Å². The molecule has 0 unspecified atom stereocenters. The number of methoxy groups -OCH3 is 1. The number of ether oxygens (including phenoxy) is 2. The first-order chi connectivity index (χ1) is 16.2. The van der Waals surface area contributed by atoms with Crippen LogP contribution in [0.2, 0.25) is 0 Å². The number of fused-ring (bicyclic) bond motifs is 1. The number of carbonyl (C=O) groups is 2. The van der Waals surface area contributed by atoms with Gasteiger partial charge in [0.05, 0.1) is 26.3 Å². The third kappa shape index (κ3) is 5.86. The van der Waals surface area contributed by atoms with Gasteiger partial charge in [-0.3, -0.25) is 9.59 Å². The lowest BCUT2D eigenvalue weighted by Crippen LogP contribution is -2.50. The van der Waals surface area contributed by atoms with E-state index in [2.05, 4.69) is 16.8 Å². The van der Waals surface area contributed by atoms with Gasteiger partial charge in [0.2, 0.25) is 11.8 Å². The molecule has 8 heteroatoms. The fourth-order valence-electron chi connectivity index (χ4n) is 3.61. The van der Waals surface area contributed by atoms with Crippen LogP contribution in [0.5, 0.6) is 11.6 Å². The van der Waals surface area contributed by atoms with Crippen LogP contribution in [0, 0.1) is 17.8 Å². The summed E-state index contributed by atoms with van der Waals surface area (Å²) in [5.41, 5.74) is 1.64. The number of carbonyl (C=O) groups excluding carboxylic acids is 2. The van der Waals surface area contributed by atoms with Crippen LogP contribution in [0.25, 0.3) is 0 Å². The molecule has 3 atom stereocenters. The van der Waals surface area contributed by atoms with Crippen LogP contribution < -0.4 is 9.47 Å². The molecule has 8 nitrogen and oxygen atoms in total. The Labute approximate surface area is 200 Å². The minimum absolute atomic E-state index is 0.0770. The molecule has 0 bridgehead atoms. The summed E-state index contributed by atoms with van der Waals surface area (Å²) < 4.78 is 11.3. The first kappa shape index (κ1) is 25.1. The van der Waals surface area contributed by atoms with Crippen molar-refractivity contribution in [3.63, 3.8) is 0 Å². The summed E-state index contributed by atoms with van der Waals surface area (Å²) in [6, 6.07) is 8.63. The number of aliphatic hydroxyl groups is 1. The third-order valence-electron chi connectivity index (χ3n) is 5.95. The molecule has 0 spiro atoms. The van der Waals surface area contributed by atoms with Crippen LogP contribution >= 0.6 is 0 Å². The highest BCUT2D eigenvalue weighted by molar-refractivity contribution is 5.97. The van der Waals surface area contributed by atoms with E-state index < -0.39 is 0 Å². The zero-order chi connectivity index (χ0) is 24.8. The Bertz CT molecular complexity index is 1090. The molecule has 0 aliphatic carbocycles. The molecule has 1 aromatic heterocycles. The van der Waals surface area contributed by atoms with E-state index in [4.69, 9.17) is 9.47 Å². The zero-order valence-corrected chi connectivity index (χ0v) is 20.2. The molecular weight excluding hydrogens is 434 g/mol. The van der Waals surface area contributed by atoms with Gasteiger partial charge in [0, 0.05) is 43.8 Å². The molecule has 2 aromatic rings. The predicted molar refractivity (Wildman–Crippen MR) is 128 cm³/mol. The fraction of sp³-hybridized carbons (Fsp3) is 0.423. The molecule has 0 saturated heterocycles. The summed E-state index contributed by atoms with van der Waals surface area (Å²) in [5.74, 6) is 6.61. The molecule has 1 aromatic carbocycles. The van der Waals surface area contributed by atoms with Crippen molar-refractivity contribution in [2.45, 2.75) is 32.9 Å². The Hall–Kier alpha value is -3.57. The number of aliphatic hydroxyl groups excluding tert-OH is 1. The summed E-state index contributed by atoms with van der Waals surface area (Å²) in [6.07, 6.45) is 1.19. The van der Waals surface area contributed by atoms with Gasteiger partial charge in [-0.15, -0.1) is 0 Å². The summed E-state index contributed by atoms with van der Waals surface area (Å²) in [6.45, 7) is 5.81. The van der Waals surface area contributed by atoms with Crippen LogP contribution in [0.3, 0.4) is 0 Å². The molecule has 34 heavy (non-hydrogen) atoms. The zero-order valence-electron chi connectivity index (χ0n) is 20.2. The Kier molecular flexibility index (Phi) is 8.13. The van der Waals surface area contributed by atoms with E-state index >= 15 is 0 Å². The van der Waals surface area contributed by atoms with Crippen LogP contribution in [0.4, 0.5) is 0 Å². The van der Waals surface area contributed by atoms with Crippen molar-refractivity contribution in [2.75, 3.05) is 33.9 Å². The molecule has 2 amide bonds. The van der Waals surface area contributed by atoms with Gasteiger partial charge < -0.3 is 24.4 Å². The van der Waals surface area contributed by atoms with E-state index in [1.807, 2.05) is 31.2 Å². The van der Waals surface area contributed by atoms with Gasteiger partial charge in [-0.25, -0.2) is 4.98 Å². The molecule has 0 saturated carbocycles. The second kappa shape index (κ2) is 11.0. The third-order valence-corrected chi connectivity index (χ3v) is 5.95. The lowest BCUT2D eigenvalue weighted by atomic mass is 10.00. The van der Waals surface area contributed by atoms with Crippen LogP contribution in [-0.2, 0) is 4.79 Å². The van der Waals surface area contributed by atoms with E-state index in [9.17, 15) is 14.7 Å². The van der Waals surface area contributed by atoms with Gasteiger partial charge in [0.15, 0.2) is 0 Å². The van der Waals surface area contributed by atoms with E-state index in [-0.39, 0.29) is 47.9 Å². The van der Waals surface area contributed by atoms with E-state index in [1.165, 1.54) is 6.92 Å². The summed E-state index contributed by atoms with van der Waals surface area (Å²) in [4.78, 5) is 32.9. The number of likely N-dealkylation sites (N-methyl/N-ethyl adjacent to an activating group) is 1. The van der Waals surface area contributed by atoms with Crippen LogP contribution in [-0.4, -0.2) is 77.7 Å². The Balaban J connectivity index is 1.98. The minimum atomic E-state index is -0.388. The number of benzene rings is 1. The molecule has 0 radical (unpaired) electrons. The highest BCUT2D eigenvalue weighted by Gasteiger charge is 2.34. The lowest BCUT2D eigenvalue weighted by molar-refractivity contribution is -0.129. The average Bonchev–Trinajstić information content (AvgIpc) is 2.84. The quantitative estimate of drug-likeness (QED) is 0.681. The van der Waals surface area contributed by atoms with Crippen molar-refractivity contribution in [3.05, 3.63) is 53.2 Å². The second-order valence-electron chi connectivity index (χ2n) is 8.58. The average molecular weight is 466 g/mol. The molecule has 2 heterocycles. The standard InChI is InChI=1S/C26H31N3O5/c1-17-14-29(18(2)16-30)26(32)23-12-21(7-6-20-8-10-22(33-5)11-9-20)13-27-25(23)34-24(17)15-28(4)19(3)31/h8-13,17-18,24,30H,14-16H2,1-5H3/t17-,18+,24-/m1/s1. The number of nitrogens with zero attached hydrogens (tertiary/aromatic N) is 3. The maximum atomic E-state index is 13.4. The first-order valence-electron chi connectivity index (χ1n) is 11.2. The van der Waals surface area contributed by atoms with E-state index in [0.29, 0.717) is 18.7 Å². The predicted octanol–water partition coefficient (Wildman–Crippen LogP) is 2.19. The fourth-order valence-corrected chi connectivity index (χ4v) is 3.61. The second-order valence-corrected chi connectivity index (χ2v) is 8.58. The molecular formula is C26H31N3O5. The number of amides is 2. The number of hydrogen-bond donors (Lipinski definition) is 1. The molecule has 1 N–H and O–H groups in total. The van der Waals surface area contributed by atoms with Crippen LogP contribution in [0.15, 0.2) is 36.5 Å². The van der Waals surface area contributed by atoms with Gasteiger partial charge in [-0.05, 0) is 37.3 Å². The number of rotatable bonds is 5. The highest BCUT2D eigenvalue weighted by Crippen LogP contribution is 2.27. The summed E-state index contributed by atoms with van der Waals surface area (Å²) >= 11 is 0. The number of pyridine rings is 1. The largest absolute Gasteiger partial charge is 0.497 e. The summed E-state index contributed by atoms with van der Waals surface area (Å²) in [7, 11) is 3.32. The van der Waals surface area contributed by atoms with Crippen LogP contribution in [0.1, 0.15) is 42.3 Å². The molecule has 180 valence electrons. The SMILES string of the molecule is COc1ccc(C#Cc2cnc3c(c2)C(=O)N([C@@H](C)CO)C[C@@H](C)[C@@H](CN(C)C(C)=O)O3)cc1. The highest BCUT2D eigenvalue weighted by atomic mass is 16.5. The monoisotopic (exact) mass is 465 g/mol. The normalized spacial score (nSPS) is 18.4. The molecule has 3 rings (SSSR count). The first-order valence-corrected chi connectivity index (χ1v) is 11.2. The van der Waals surface area contributed by atoms with Gasteiger partial charge in [0.25, 0.3) is 5.91 Å². The summed E-state index contributed by atoms with van der Waals surface area (Å²) in [5, 5.41) is 9.76. The van der Waals surface area contributed by atoms with Crippen molar-refractivity contribution in [3.8, 4) is 23.5 Å². The topological polar surface area (TPSA) is 92.2 Å². The molecule has 0 fully saturated rings. The molecule has 1 aliphatic rings. The maximum Gasteiger partial charge on any atom is 0.259 e. The van der Waals surface area contributed by atoms with Crippen molar-refractivity contribution in [1.29, 1.82) is 0 Å². The number of aromatic nitrogens is 1. The lowest BCUT2D eigenvalue weighted by Gasteiger charge is -2.37. The van der Waals surface area contributed by atoms with Gasteiger partial charge >= 0.3 is 0 Å². The Morgan fingerprint density at radius 1 is 1.32 bits per heavy atom. The number of hydrogen-bond acceptors (Lipinski definition) is 6. The molecule has 1 aliphatic heterocycles. The van der Waals surface area contributed by atoms with Crippen molar-refractivity contribution in [1.82, 2.24) is 14.8 Å². The van der Waals surface area contributed by atoms with Gasteiger partial charge in [0.1, 0.15) is 17.4 Å². The Morgan fingerprint density at radius 3 is 2.62 bits per heavy atom. The van der Waals surface area contributed by atoms with Crippen molar-refractivity contribution >= 4 is 11.8 Å². The Morgan fingerprint density at radius 2 is 2.00 bits per heavy atom. The van der Waals surface area contributed by atoms with Gasteiger partial charge in [-0.1, -0.05) is 18.8 Å². The minimum Gasteiger partial charge on any atom is -0.497 e. The van der Waals surface area contributed by atoms with E-state index in [0.717, 1.165) is 11.3 Å². The van der Waals surface area contributed by atoms with Gasteiger partial charge in [-0.2, -0.15) is 0 Å². The smallest absolute Gasteiger partial charge is 0.259 e. The van der Waals surface area contributed by atoms with Crippen molar-refractivity contribution in [2.24, 2.45) is 5.92 Å².